The van der Waals surface area contributed by atoms with E-state index in [4.69, 9.17) is 9.26 Å². The van der Waals surface area contributed by atoms with Crippen LogP contribution in [-0.2, 0) is 11.2 Å². The number of anilines is 1. The van der Waals surface area contributed by atoms with E-state index in [9.17, 15) is 4.79 Å². The zero-order valence-corrected chi connectivity index (χ0v) is 19.3. The molecule has 0 fully saturated rings. The first-order valence-corrected chi connectivity index (χ1v) is 10.7. The summed E-state index contributed by atoms with van der Waals surface area (Å²) in [6, 6.07) is 10.7. The second-order valence-electron chi connectivity index (χ2n) is 7.91. The van der Waals surface area contributed by atoms with E-state index in [2.05, 4.69) is 25.8 Å². The van der Waals surface area contributed by atoms with Crippen LogP contribution in [0.2, 0.25) is 0 Å². The number of ether oxygens (including phenoxy) is 1. The minimum absolute atomic E-state index is 0.0792. The number of hydrogen-bond acceptors (Lipinski definition) is 7. The average Bonchev–Trinajstić information content (AvgIpc) is 3.26. The van der Waals surface area contributed by atoms with Gasteiger partial charge in [0.05, 0.1) is 11.4 Å². The molecule has 0 saturated heterocycles. The van der Waals surface area contributed by atoms with E-state index in [0.717, 1.165) is 34.0 Å². The third-order valence-electron chi connectivity index (χ3n) is 5.64. The summed E-state index contributed by atoms with van der Waals surface area (Å²) in [5.74, 6) is 2.26. The molecule has 33 heavy (non-hydrogen) atoms. The lowest BCUT2D eigenvalue weighted by atomic mass is 10.1. The number of aryl methyl sites for hydroxylation is 3. The molecule has 0 aliphatic rings. The van der Waals surface area contributed by atoms with Crippen molar-refractivity contribution in [3.8, 4) is 17.4 Å². The smallest absolute Gasteiger partial charge is 0.238 e. The highest BCUT2D eigenvalue weighted by atomic mass is 16.5. The van der Waals surface area contributed by atoms with Crippen molar-refractivity contribution >= 4 is 11.6 Å². The molecule has 0 saturated carbocycles. The predicted octanol–water partition coefficient (Wildman–Crippen LogP) is 4.56. The third kappa shape index (κ3) is 4.92. The topological polar surface area (TPSA) is 108 Å². The van der Waals surface area contributed by atoms with Crippen molar-refractivity contribution in [2.75, 3.05) is 5.32 Å². The highest BCUT2D eigenvalue weighted by Crippen LogP contribution is 2.23. The lowest BCUT2D eigenvalue weighted by molar-refractivity contribution is -0.116. The number of carbonyl (C=O) groups is 1. The predicted molar refractivity (Wildman–Crippen MR) is 123 cm³/mol. The van der Waals surface area contributed by atoms with Crippen molar-refractivity contribution in [1.82, 2.24) is 25.1 Å². The van der Waals surface area contributed by atoms with Crippen molar-refractivity contribution in [2.24, 2.45) is 0 Å². The minimum Gasteiger partial charge on any atom is -0.438 e. The Bertz CT molecular complexity index is 1250. The van der Waals surface area contributed by atoms with Crippen molar-refractivity contribution in [2.45, 2.75) is 47.5 Å². The summed E-state index contributed by atoms with van der Waals surface area (Å²) >= 11 is 0. The van der Waals surface area contributed by atoms with Crippen LogP contribution in [0, 0.1) is 34.6 Å². The molecule has 0 aliphatic carbocycles. The van der Waals surface area contributed by atoms with Crippen LogP contribution in [-0.4, -0.2) is 31.0 Å². The molecule has 0 spiro atoms. The molecule has 9 nitrogen and oxygen atoms in total. The molecular formula is C24H26N6O3. The summed E-state index contributed by atoms with van der Waals surface area (Å²) in [4.78, 5) is 12.3. The van der Waals surface area contributed by atoms with E-state index in [1.54, 1.807) is 35.0 Å². The summed E-state index contributed by atoms with van der Waals surface area (Å²) in [6.45, 7) is 9.72. The fraction of sp³-hybridized carbons (Fsp3) is 0.292. The van der Waals surface area contributed by atoms with Crippen LogP contribution in [0.4, 0.5) is 5.69 Å². The Labute approximate surface area is 191 Å². The van der Waals surface area contributed by atoms with Crippen molar-refractivity contribution in [3.05, 3.63) is 70.4 Å². The van der Waals surface area contributed by atoms with E-state index >= 15 is 0 Å². The summed E-state index contributed by atoms with van der Waals surface area (Å²) in [5, 5.41) is 19.7. The third-order valence-corrected chi connectivity index (χ3v) is 5.64. The zero-order chi connectivity index (χ0) is 23.5. The van der Waals surface area contributed by atoms with Gasteiger partial charge in [0, 0.05) is 29.4 Å². The van der Waals surface area contributed by atoms with Gasteiger partial charge in [-0.2, -0.15) is 5.10 Å². The van der Waals surface area contributed by atoms with Gasteiger partial charge >= 0.3 is 0 Å². The molecular weight excluding hydrogens is 420 g/mol. The summed E-state index contributed by atoms with van der Waals surface area (Å²) < 4.78 is 12.7. The quantitative estimate of drug-likeness (QED) is 0.443. The molecule has 1 N–H and O–H groups in total. The molecule has 170 valence electrons. The van der Waals surface area contributed by atoms with Gasteiger partial charge in [-0.1, -0.05) is 5.16 Å². The van der Waals surface area contributed by atoms with Gasteiger partial charge in [0.2, 0.25) is 11.8 Å². The standard InChI is InChI=1S/C24H26N6O3/c1-14-15(2)28-30(17(14)4)22-11-13-24(27-26-22)32-20-8-6-19(7-9-20)25-23(31)12-10-21-16(3)29-33-18(21)5/h6-9,11,13H,10,12H2,1-5H3,(H,25,31). The Hall–Kier alpha value is -4.01. The number of carbonyl (C=O) groups excluding carboxylic acids is 1. The van der Waals surface area contributed by atoms with Crippen LogP contribution in [0.15, 0.2) is 40.9 Å². The number of amides is 1. The van der Waals surface area contributed by atoms with Crippen LogP contribution in [0.25, 0.3) is 5.82 Å². The Balaban J connectivity index is 1.33. The van der Waals surface area contributed by atoms with E-state index < -0.39 is 0 Å². The van der Waals surface area contributed by atoms with E-state index in [0.29, 0.717) is 36.0 Å². The molecule has 0 atom stereocenters. The van der Waals surface area contributed by atoms with Gasteiger partial charge in [-0.25, -0.2) is 4.68 Å². The maximum atomic E-state index is 12.3. The van der Waals surface area contributed by atoms with Crippen LogP contribution >= 0.6 is 0 Å². The summed E-state index contributed by atoms with van der Waals surface area (Å²) in [5.41, 5.74) is 5.61. The Kier molecular flexibility index (Phi) is 6.21. The van der Waals surface area contributed by atoms with Crippen LogP contribution < -0.4 is 10.1 Å². The number of benzene rings is 1. The Morgan fingerprint density at radius 2 is 1.76 bits per heavy atom. The van der Waals surface area contributed by atoms with Crippen molar-refractivity contribution in [1.29, 1.82) is 0 Å². The van der Waals surface area contributed by atoms with E-state index in [-0.39, 0.29) is 5.91 Å². The van der Waals surface area contributed by atoms with Crippen LogP contribution in [0.3, 0.4) is 0 Å². The lowest BCUT2D eigenvalue weighted by Crippen LogP contribution is -2.12. The SMILES string of the molecule is Cc1nn(-c2ccc(Oc3ccc(NC(=O)CCc4c(C)noc4C)cc3)nn2)c(C)c1C. The van der Waals surface area contributed by atoms with Crippen LogP contribution in [0.5, 0.6) is 11.6 Å². The second-order valence-corrected chi connectivity index (χ2v) is 7.91. The minimum atomic E-state index is -0.0792. The Morgan fingerprint density at radius 1 is 1.00 bits per heavy atom. The first-order chi connectivity index (χ1) is 15.8. The van der Waals surface area contributed by atoms with Gasteiger partial charge in [-0.3, -0.25) is 4.79 Å². The maximum Gasteiger partial charge on any atom is 0.238 e. The number of rotatable bonds is 7. The monoisotopic (exact) mass is 446 g/mol. The number of hydrogen-bond donors (Lipinski definition) is 1. The number of nitrogens with zero attached hydrogens (tertiary/aromatic N) is 5. The zero-order valence-electron chi connectivity index (χ0n) is 19.3. The highest BCUT2D eigenvalue weighted by molar-refractivity contribution is 5.90. The van der Waals surface area contributed by atoms with Gasteiger partial charge in [0.15, 0.2) is 5.82 Å². The molecule has 0 radical (unpaired) electrons. The lowest BCUT2D eigenvalue weighted by Gasteiger charge is -2.08. The first kappa shape index (κ1) is 22.2. The van der Waals surface area contributed by atoms with E-state index in [1.165, 1.54) is 0 Å². The molecule has 0 unspecified atom stereocenters. The highest BCUT2D eigenvalue weighted by Gasteiger charge is 2.12. The van der Waals surface area contributed by atoms with Crippen molar-refractivity contribution < 1.29 is 14.1 Å². The van der Waals surface area contributed by atoms with Crippen molar-refractivity contribution in [3.63, 3.8) is 0 Å². The first-order valence-electron chi connectivity index (χ1n) is 10.7. The largest absolute Gasteiger partial charge is 0.438 e. The van der Waals surface area contributed by atoms with Gasteiger partial charge in [0.25, 0.3) is 0 Å². The molecule has 1 amide bonds. The fourth-order valence-electron chi connectivity index (χ4n) is 3.47. The average molecular weight is 447 g/mol. The molecule has 3 aromatic heterocycles. The number of aromatic nitrogens is 5. The maximum absolute atomic E-state index is 12.3. The number of nitrogens with one attached hydrogen (secondary N) is 1. The van der Waals surface area contributed by atoms with E-state index in [1.807, 2.05) is 40.7 Å². The molecule has 1 aromatic carbocycles. The molecule has 4 aromatic rings. The normalized spacial score (nSPS) is 10.9. The second kappa shape index (κ2) is 9.23. The molecule has 3 heterocycles. The molecule has 4 rings (SSSR count). The van der Waals surface area contributed by atoms with Gasteiger partial charge < -0.3 is 14.6 Å². The summed E-state index contributed by atoms with van der Waals surface area (Å²) in [6.07, 6.45) is 0.928. The van der Waals surface area contributed by atoms with Crippen LogP contribution in [0.1, 0.15) is 40.4 Å². The van der Waals surface area contributed by atoms with Gasteiger partial charge in [-0.15, -0.1) is 10.2 Å². The van der Waals surface area contributed by atoms with Gasteiger partial charge in [0.1, 0.15) is 11.5 Å². The Morgan fingerprint density at radius 3 is 2.33 bits per heavy atom. The molecule has 0 bridgehead atoms. The fourth-order valence-corrected chi connectivity index (χ4v) is 3.47. The molecule has 0 aliphatic heterocycles. The van der Waals surface area contributed by atoms with Gasteiger partial charge in [-0.05, 0) is 76.9 Å². The molecule has 9 heteroatoms. The summed E-state index contributed by atoms with van der Waals surface area (Å²) in [7, 11) is 0.